The van der Waals surface area contributed by atoms with E-state index >= 15 is 0 Å². The van der Waals surface area contributed by atoms with E-state index in [-0.39, 0.29) is 18.0 Å². The monoisotopic (exact) mass is 253 g/mol. The second-order valence-electron chi connectivity index (χ2n) is 4.39. The standard InChI is InChI=1S/C12H16ClN3O/c13-8-5-6-11(15-7-8)12(17)16-10-4-2-1-3-9(10)14/h5-7,9-10H,1-4,14H2,(H,16,17). The Morgan fingerprint density at radius 3 is 2.82 bits per heavy atom. The molecule has 2 rings (SSSR count). The fourth-order valence-electron chi connectivity index (χ4n) is 2.09. The number of hydrogen-bond acceptors (Lipinski definition) is 3. The largest absolute Gasteiger partial charge is 0.346 e. The van der Waals surface area contributed by atoms with Crippen molar-refractivity contribution in [3.63, 3.8) is 0 Å². The summed E-state index contributed by atoms with van der Waals surface area (Å²) in [6.07, 6.45) is 5.65. The Morgan fingerprint density at radius 2 is 2.18 bits per heavy atom. The van der Waals surface area contributed by atoms with Crippen molar-refractivity contribution in [2.24, 2.45) is 5.73 Å². The van der Waals surface area contributed by atoms with Gasteiger partial charge in [-0.1, -0.05) is 24.4 Å². The average molecular weight is 254 g/mol. The van der Waals surface area contributed by atoms with E-state index in [1.165, 1.54) is 6.20 Å². The Bertz CT molecular complexity index is 393. The molecule has 1 heterocycles. The Balaban J connectivity index is 1.98. The number of aromatic nitrogens is 1. The van der Waals surface area contributed by atoms with Gasteiger partial charge in [0.25, 0.3) is 5.91 Å². The molecule has 1 saturated carbocycles. The minimum absolute atomic E-state index is 0.0556. The Hall–Kier alpha value is -1.13. The lowest BCUT2D eigenvalue weighted by atomic mass is 9.91. The molecule has 2 atom stereocenters. The Morgan fingerprint density at radius 1 is 1.41 bits per heavy atom. The number of hydrogen-bond donors (Lipinski definition) is 2. The first-order valence-electron chi connectivity index (χ1n) is 5.85. The van der Waals surface area contributed by atoms with Crippen LogP contribution in [0.25, 0.3) is 0 Å². The molecule has 1 aromatic rings. The zero-order valence-corrected chi connectivity index (χ0v) is 10.3. The molecule has 0 aromatic carbocycles. The molecule has 0 saturated heterocycles. The fraction of sp³-hybridized carbons (Fsp3) is 0.500. The van der Waals surface area contributed by atoms with Crippen LogP contribution in [0.3, 0.4) is 0 Å². The zero-order valence-electron chi connectivity index (χ0n) is 9.53. The SMILES string of the molecule is NC1CCCCC1NC(=O)c1ccc(Cl)cn1. The molecule has 0 aliphatic heterocycles. The zero-order chi connectivity index (χ0) is 12.3. The van der Waals surface area contributed by atoms with Crippen LogP contribution in [0.4, 0.5) is 0 Å². The number of carbonyl (C=O) groups excluding carboxylic acids is 1. The highest BCUT2D eigenvalue weighted by Gasteiger charge is 2.23. The number of nitrogens with one attached hydrogen (secondary N) is 1. The number of nitrogens with two attached hydrogens (primary N) is 1. The van der Waals surface area contributed by atoms with Gasteiger partial charge < -0.3 is 11.1 Å². The molecule has 0 bridgehead atoms. The highest BCUT2D eigenvalue weighted by Crippen LogP contribution is 2.17. The third kappa shape index (κ3) is 3.17. The molecular weight excluding hydrogens is 238 g/mol. The summed E-state index contributed by atoms with van der Waals surface area (Å²) in [5.74, 6) is -0.177. The van der Waals surface area contributed by atoms with E-state index in [1.54, 1.807) is 12.1 Å². The summed E-state index contributed by atoms with van der Waals surface area (Å²) in [6, 6.07) is 3.39. The summed E-state index contributed by atoms with van der Waals surface area (Å²) >= 11 is 5.72. The molecule has 3 N–H and O–H groups in total. The maximum Gasteiger partial charge on any atom is 0.270 e. The summed E-state index contributed by atoms with van der Waals surface area (Å²) < 4.78 is 0. The quantitative estimate of drug-likeness (QED) is 0.844. The van der Waals surface area contributed by atoms with E-state index in [1.807, 2.05) is 0 Å². The lowest BCUT2D eigenvalue weighted by Crippen LogP contribution is -2.49. The molecular formula is C12H16ClN3O. The van der Waals surface area contributed by atoms with Gasteiger partial charge in [0.15, 0.2) is 0 Å². The van der Waals surface area contributed by atoms with E-state index < -0.39 is 0 Å². The summed E-state index contributed by atoms with van der Waals surface area (Å²) in [5, 5.41) is 3.46. The number of rotatable bonds is 2. The second-order valence-corrected chi connectivity index (χ2v) is 4.83. The van der Waals surface area contributed by atoms with Gasteiger partial charge in [0, 0.05) is 18.3 Å². The molecule has 92 valence electrons. The number of carbonyl (C=O) groups is 1. The van der Waals surface area contributed by atoms with Crippen LogP contribution < -0.4 is 11.1 Å². The smallest absolute Gasteiger partial charge is 0.270 e. The lowest BCUT2D eigenvalue weighted by molar-refractivity contribution is 0.0916. The maximum absolute atomic E-state index is 11.9. The van der Waals surface area contributed by atoms with Crippen LogP contribution in [-0.4, -0.2) is 23.0 Å². The van der Waals surface area contributed by atoms with Crippen LogP contribution >= 0.6 is 11.6 Å². The number of pyridine rings is 1. The number of nitrogens with zero attached hydrogens (tertiary/aromatic N) is 1. The van der Waals surface area contributed by atoms with Crippen molar-refractivity contribution in [3.8, 4) is 0 Å². The molecule has 1 aromatic heterocycles. The Labute approximate surface area is 106 Å². The molecule has 1 fully saturated rings. The van der Waals surface area contributed by atoms with Crippen LogP contribution in [-0.2, 0) is 0 Å². The molecule has 4 nitrogen and oxygen atoms in total. The number of amides is 1. The highest BCUT2D eigenvalue weighted by molar-refractivity contribution is 6.30. The summed E-state index contributed by atoms with van der Waals surface area (Å²) in [4.78, 5) is 15.9. The van der Waals surface area contributed by atoms with E-state index in [0.29, 0.717) is 10.7 Å². The molecule has 17 heavy (non-hydrogen) atoms. The van der Waals surface area contributed by atoms with Gasteiger partial charge in [-0.3, -0.25) is 4.79 Å². The van der Waals surface area contributed by atoms with Crippen LogP contribution in [0.2, 0.25) is 5.02 Å². The van der Waals surface area contributed by atoms with Crippen LogP contribution in [0.5, 0.6) is 0 Å². The summed E-state index contributed by atoms with van der Waals surface area (Å²) in [7, 11) is 0. The normalized spacial score (nSPS) is 24.4. The predicted molar refractivity (Wildman–Crippen MR) is 66.9 cm³/mol. The minimum atomic E-state index is -0.177. The van der Waals surface area contributed by atoms with Crippen molar-refractivity contribution in [3.05, 3.63) is 29.0 Å². The van der Waals surface area contributed by atoms with Gasteiger partial charge in [-0.2, -0.15) is 0 Å². The third-order valence-corrected chi connectivity index (χ3v) is 3.32. The van der Waals surface area contributed by atoms with Gasteiger partial charge >= 0.3 is 0 Å². The van der Waals surface area contributed by atoms with Crippen molar-refractivity contribution in [2.75, 3.05) is 0 Å². The summed E-state index contributed by atoms with van der Waals surface area (Å²) in [6.45, 7) is 0. The van der Waals surface area contributed by atoms with Gasteiger partial charge in [0.05, 0.1) is 5.02 Å². The van der Waals surface area contributed by atoms with Crippen LogP contribution in [0.1, 0.15) is 36.2 Å². The van der Waals surface area contributed by atoms with Gasteiger partial charge in [-0.05, 0) is 25.0 Å². The highest BCUT2D eigenvalue weighted by atomic mass is 35.5. The molecule has 1 aliphatic rings. The third-order valence-electron chi connectivity index (χ3n) is 3.10. The van der Waals surface area contributed by atoms with Crippen molar-refractivity contribution >= 4 is 17.5 Å². The summed E-state index contributed by atoms with van der Waals surface area (Å²) in [5.41, 5.74) is 6.35. The molecule has 1 aliphatic carbocycles. The van der Waals surface area contributed by atoms with Crippen LogP contribution in [0, 0.1) is 0 Å². The lowest BCUT2D eigenvalue weighted by Gasteiger charge is -2.29. The van der Waals surface area contributed by atoms with E-state index in [2.05, 4.69) is 10.3 Å². The average Bonchev–Trinajstić information content (AvgIpc) is 2.33. The topological polar surface area (TPSA) is 68.0 Å². The van der Waals surface area contributed by atoms with Crippen molar-refractivity contribution in [1.82, 2.24) is 10.3 Å². The van der Waals surface area contributed by atoms with Crippen molar-refractivity contribution in [1.29, 1.82) is 0 Å². The number of halogens is 1. The van der Waals surface area contributed by atoms with Crippen LogP contribution in [0.15, 0.2) is 18.3 Å². The molecule has 2 unspecified atom stereocenters. The van der Waals surface area contributed by atoms with Gasteiger partial charge in [0.1, 0.15) is 5.69 Å². The first kappa shape index (κ1) is 12.3. The van der Waals surface area contributed by atoms with E-state index in [0.717, 1.165) is 25.7 Å². The Kier molecular flexibility index (Phi) is 3.97. The minimum Gasteiger partial charge on any atom is -0.346 e. The molecule has 0 spiro atoms. The molecule has 5 heteroatoms. The van der Waals surface area contributed by atoms with Crippen molar-refractivity contribution < 1.29 is 4.79 Å². The van der Waals surface area contributed by atoms with Gasteiger partial charge in [-0.15, -0.1) is 0 Å². The van der Waals surface area contributed by atoms with Crippen molar-refractivity contribution in [2.45, 2.75) is 37.8 Å². The predicted octanol–water partition coefficient (Wildman–Crippen LogP) is 1.73. The molecule has 1 amide bonds. The first-order chi connectivity index (χ1) is 8.16. The van der Waals surface area contributed by atoms with E-state index in [9.17, 15) is 4.79 Å². The van der Waals surface area contributed by atoms with Gasteiger partial charge in [0.2, 0.25) is 0 Å². The first-order valence-corrected chi connectivity index (χ1v) is 6.22. The fourth-order valence-corrected chi connectivity index (χ4v) is 2.20. The van der Waals surface area contributed by atoms with Gasteiger partial charge in [-0.25, -0.2) is 4.98 Å². The molecule has 0 radical (unpaired) electrons. The maximum atomic E-state index is 11.9. The van der Waals surface area contributed by atoms with E-state index in [4.69, 9.17) is 17.3 Å². The second kappa shape index (κ2) is 5.47.